The van der Waals surface area contributed by atoms with E-state index in [1.165, 1.54) is 6.07 Å². The van der Waals surface area contributed by atoms with Crippen LogP contribution in [-0.4, -0.2) is 28.5 Å². The van der Waals surface area contributed by atoms with Crippen molar-refractivity contribution in [3.8, 4) is 17.2 Å². The largest absolute Gasteiger partial charge is 0.504 e. The van der Waals surface area contributed by atoms with Crippen molar-refractivity contribution in [1.82, 2.24) is 0 Å². The molecular formula is C11H18NO6P. The standard InChI is InChI=1S/C11H18NO6P/c1-3-17-19(16,18-4-2)11(12)7-5-6-8(13)10(15)9(7)14/h5-6,11,13-15H,3-4,12H2,1-2H3/t11-/m0/s1. The van der Waals surface area contributed by atoms with E-state index in [2.05, 4.69) is 0 Å². The molecule has 0 fully saturated rings. The summed E-state index contributed by atoms with van der Waals surface area (Å²) >= 11 is 0. The molecule has 0 aliphatic carbocycles. The third-order valence-electron chi connectivity index (χ3n) is 2.44. The Labute approximate surface area is 111 Å². The minimum atomic E-state index is -3.67. The third kappa shape index (κ3) is 3.19. The molecule has 0 heterocycles. The summed E-state index contributed by atoms with van der Waals surface area (Å²) in [6.45, 7) is 3.50. The van der Waals surface area contributed by atoms with Gasteiger partial charge >= 0.3 is 7.60 Å². The van der Waals surface area contributed by atoms with Crippen LogP contribution in [0.25, 0.3) is 0 Å². The minimum absolute atomic E-state index is 0.0273. The van der Waals surface area contributed by atoms with Gasteiger partial charge in [0.15, 0.2) is 11.5 Å². The molecule has 0 amide bonds. The van der Waals surface area contributed by atoms with E-state index in [-0.39, 0.29) is 18.8 Å². The van der Waals surface area contributed by atoms with E-state index >= 15 is 0 Å². The van der Waals surface area contributed by atoms with Crippen molar-refractivity contribution in [1.29, 1.82) is 0 Å². The highest BCUT2D eigenvalue weighted by molar-refractivity contribution is 7.54. The maximum absolute atomic E-state index is 12.4. The topological polar surface area (TPSA) is 122 Å². The number of hydrogen-bond donors (Lipinski definition) is 4. The molecule has 1 atom stereocenters. The van der Waals surface area contributed by atoms with Crippen LogP contribution >= 0.6 is 7.60 Å². The summed E-state index contributed by atoms with van der Waals surface area (Å²) in [6.07, 6.45) is 0. The molecule has 0 aliphatic rings. The van der Waals surface area contributed by atoms with E-state index in [1.807, 2.05) is 0 Å². The van der Waals surface area contributed by atoms with E-state index in [0.717, 1.165) is 6.07 Å². The molecule has 0 aromatic heterocycles. The van der Waals surface area contributed by atoms with Gasteiger partial charge in [-0.2, -0.15) is 0 Å². The number of phenolic OH excluding ortho intramolecular Hbond substituents is 3. The predicted molar refractivity (Wildman–Crippen MR) is 69.2 cm³/mol. The van der Waals surface area contributed by atoms with E-state index in [1.54, 1.807) is 13.8 Å². The van der Waals surface area contributed by atoms with Gasteiger partial charge in [0.1, 0.15) is 5.78 Å². The van der Waals surface area contributed by atoms with E-state index < -0.39 is 30.6 Å². The molecule has 7 nitrogen and oxygen atoms in total. The van der Waals surface area contributed by atoms with Crippen LogP contribution in [0.4, 0.5) is 0 Å². The summed E-state index contributed by atoms with van der Waals surface area (Å²) in [6, 6.07) is 2.38. The van der Waals surface area contributed by atoms with E-state index in [4.69, 9.17) is 14.8 Å². The highest BCUT2D eigenvalue weighted by Gasteiger charge is 2.36. The Morgan fingerprint density at radius 1 is 1.16 bits per heavy atom. The molecule has 0 saturated heterocycles. The number of nitrogens with two attached hydrogens (primary N) is 1. The van der Waals surface area contributed by atoms with E-state index in [9.17, 15) is 19.9 Å². The van der Waals surface area contributed by atoms with Gasteiger partial charge in [0.2, 0.25) is 5.75 Å². The average molecular weight is 291 g/mol. The number of aromatic hydroxyl groups is 3. The summed E-state index contributed by atoms with van der Waals surface area (Å²) in [5, 5.41) is 28.4. The normalized spacial score (nSPS) is 13.4. The van der Waals surface area contributed by atoms with Crippen molar-refractivity contribution < 1.29 is 28.9 Å². The second-order valence-electron chi connectivity index (χ2n) is 3.69. The van der Waals surface area contributed by atoms with Crippen molar-refractivity contribution in [3.05, 3.63) is 17.7 Å². The fourth-order valence-electron chi connectivity index (χ4n) is 1.55. The Hall–Kier alpha value is -1.27. The monoisotopic (exact) mass is 291 g/mol. The molecule has 0 radical (unpaired) electrons. The summed E-state index contributed by atoms with van der Waals surface area (Å²) in [5.74, 6) is -3.14. The SMILES string of the molecule is CCOP(=O)(OCC)[C@H](N)c1ccc(O)c(O)c1O. The molecule has 1 rings (SSSR count). The van der Waals surface area contributed by atoms with Crippen LogP contribution in [-0.2, 0) is 13.6 Å². The van der Waals surface area contributed by atoms with Crippen LogP contribution in [0.1, 0.15) is 25.2 Å². The lowest BCUT2D eigenvalue weighted by atomic mass is 10.1. The van der Waals surface area contributed by atoms with Crippen LogP contribution < -0.4 is 5.73 Å². The zero-order valence-electron chi connectivity index (χ0n) is 10.7. The second-order valence-corrected chi connectivity index (χ2v) is 5.84. The molecule has 0 bridgehead atoms. The molecule has 19 heavy (non-hydrogen) atoms. The quantitative estimate of drug-likeness (QED) is 0.467. The molecule has 0 unspecified atom stereocenters. The van der Waals surface area contributed by atoms with Crippen LogP contribution in [0.15, 0.2) is 12.1 Å². The van der Waals surface area contributed by atoms with Crippen LogP contribution in [0.2, 0.25) is 0 Å². The van der Waals surface area contributed by atoms with E-state index in [0.29, 0.717) is 0 Å². The van der Waals surface area contributed by atoms with Crippen molar-refractivity contribution in [2.45, 2.75) is 19.6 Å². The van der Waals surface area contributed by atoms with Crippen molar-refractivity contribution in [3.63, 3.8) is 0 Å². The van der Waals surface area contributed by atoms with Gasteiger partial charge in [-0.15, -0.1) is 0 Å². The van der Waals surface area contributed by atoms with Gasteiger partial charge in [-0.1, -0.05) is 0 Å². The second kappa shape index (κ2) is 6.25. The molecule has 5 N–H and O–H groups in total. The molecular weight excluding hydrogens is 273 g/mol. The molecule has 108 valence electrons. The summed E-state index contributed by atoms with van der Waals surface area (Å²) in [7, 11) is -3.67. The molecule has 0 saturated carbocycles. The first-order chi connectivity index (χ1) is 8.87. The van der Waals surface area contributed by atoms with Gasteiger partial charge in [0.05, 0.1) is 13.2 Å². The Balaban J connectivity index is 3.21. The molecule has 0 aliphatic heterocycles. The van der Waals surface area contributed by atoms with Gasteiger partial charge < -0.3 is 30.1 Å². The summed E-state index contributed by atoms with van der Waals surface area (Å²) in [4.78, 5) is 0. The zero-order valence-corrected chi connectivity index (χ0v) is 11.6. The lowest BCUT2D eigenvalue weighted by Crippen LogP contribution is -2.15. The lowest BCUT2D eigenvalue weighted by Gasteiger charge is -2.24. The van der Waals surface area contributed by atoms with Crippen LogP contribution in [0.5, 0.6) is 17.2 Å². The number of phenols is 3. The van der Waals surface area contributed by atoms with Crippen molar-refractivity contribution >= 4 is 7.60 Å². The van der Waals surface area contributed by atoms with Crippen molar-refractivity contribution in [2.75, 3.05) is 13.2 Å². The van der Waals surface area contributed by atoms with Crippen molar-refractivity contribution in [2.24, 2.45) is 5.73 Å². The fraction of sp³-hybridized carbons (Fsp3) is 0.455. The molecule has 0 spiro atoms. The summed E-state index contributed by atoms with van der Waals surface area (Å²) in [5.41, 5.74) is 5.77. The Kier molecular flexibility index (Phi) is 5.20. The number of rotatable bonds is 6. The molecule has 1 aromatic rings. The minimum Gasteiger partial charge on any atom is -0.504 e. The highest BCUT2D eigenvalue weighted by Crippen LogP contribution is 2.60. The third-order valence-corrected chi connectivity index (χ3v) is 4.63. The lowest BCUT2D eigenvalue weighted by molar-refractivity contribution is 0.211. The van der Waals surface area contributed by atoms with Gasteiger partial charge in [-0.05, 0) is 26.0 Å². The maximum Gasteiger partial charge on any atom is 0.351 e. The smallest absolute Gasteiger partial charge is 0.351 e. The maximum atomic E-state index is 12.4. The number of hydrogen-bond acceptors (Lipinski definition) is 7. The first kappa shape index (κ1) is 15.8. The predicted octanol–water partition coefficient (Wildman–Crippen LogP) is 2.03. The fourth-order valence-corrected chi connectivity index (χ4v) is 3.22. The Bertz CT molecular complexity index is 482. The first-order valence-electron chi connectivity index (χ1n) is 5.75. The first-order valence-corrected chi connectivity index (χ1v) is 7.36. The van der Waals surface area contributed by atoms with Gasteiger partial charge in [0.25, 0.3) is 0 Å². The van der Waals surface area contributed by atoms with Gasteiger partial charge in [-0.3, -0.25) is 4.57 Å². The molecule has 8 heteroatoms. The average Bonchev–Trinajstić information content (AvgIpc) is 2.36. The zero-order chi connectivity index (χ0) is 14.6. The number of benzene rings is 1. The van der Waals surface area contributed by atoms with Crippen LogP contribution in [0.3, 0.4) is 0 Å². The Morgan fingerprint density at radius 2 is 1.68 bits per heavy atom. The summed E-state index contributed by atoms with van der Waals surface area (Å²) < 4.78 is 22.6. The van der Waals surface area contributed by atoms with Gasteiger partial charge in [0, 0.05) is 5.56 Å². The van der Waals surface area contributed by atoms with Crippen LogP contribution in [0, 0.1) is 0 Å². The highest BCUT2D eigenvalue weighted by atomic mass is 31.2. The molecule has 1 aromatic carbocycles. The van der Waals surface area contributed by atoms with Gasteiger partial charge in [-0.25, -0.2) is 0 Å². The Morgan fingerprint density at radius 3 is 2.16 bits per heavy atom.